The predicted molar refractivity (Wildman–Crippen MR) is 65.8 cm³/mol. The Hall–Kier alpha value is -1.95. The second kappa shape index (κ2) is 5.95. The molecule has 0 aliphatic heterocycles. The minimum Gasteiger partial charge on any atom is -0.399 e. The Labute approximate surface area is 103 Å². The molecule has 0 fully saturated rings. The first kappa shape index (κ1) is 13.1. The highest BCUT2D eigenvalue weighted by atomic mass is 35.5. The molecule has 0 radical (unpaired) electrons. The van der Waals surface area contributed by atoms with Crippen LogP contribution in [0.1, 0.15) is 10.4 Å². The van der Waals surface area contributed by atoms with Crippen molar-refractivity contribution in [3.05, 3.63) is 28.8 Å². The molecule has 1 aromatic carbocycles. The molecule has 1 aromatic rings. The van der Waals surface area contributed by atoms with E-state index in [1.165, 1.54) is 12.1 Å². The second-order valence-corrected chi connectivity index (χ2v) is 3.69. The Morgan fingerprint density at radius 1 is 1.24 bits per heavy atom. The van der Waals surface area contributed by atoms with Crippen molar-refractivity contribution in [3.63, 3.8) is 0 Å². The van der Waals surface area contributed by atoms with Gasteiger partial charge in [-0.05, 0) is 18.2 Å². The topological polar surface area (TPSA) is 110 Å². The van der Waals surface area contributed by atoms with Crippen LogP contribution >= 0.6 is 11.6 Å². The maximum atomic E-state index is 11.6. The molecule has 0 bridgehead atoms. The molecule has 6 N–H and O–H groups in total. The van der Waals surface area contributed by atoms with Crippen LogP contribution in [0.2, 0.25) is 5.02 Å². The quantitative estimate of drug-likeness (QED) is 0.460. The highest BCUT2D eigenvalue weighted by molar-refractivity contribution is 6.34. The molecule has 7 heteroatoms. The summed E-state index contributed by atoms with van der Waals surface area (Å²) in [5, 5.41) is 5.21. The van der Waals surface area contributed by atoms with Crippen molar-refractivity contribution in [2.24, 2.45) is 5.73 Å². The van der Waals surface area contributed by atoms with Gasteiger partial charge < -0.3 is 22.1 Å². The van der Waals surface area contributed by atoms with Crippen LogP contribution in [-0.2, 0) is 0 Å². The summed E-state index contributed by atoms with van der Waals surface area (Å²) in [5.41, 5.74) is 11.2. The van der Waals surface area contributed by atoms with Gasteiger partial charge in [0, 0.05) is 18.8 Å². The van der Waals surface area contributed by atoms with Crippen LogP contribution in [0.15, 0.2) is 18.2 Å². The lowest BCUT2D eigenvalue weighted by Gasteiger charge is -2.07. The van der Waals surface area contributed by atoms with Crippen molar-refractivity contribution in [3.8, 4) is 0 Å². The van der Waals surface area contributed by atoms with Crippen LogP contribution in [0.25, 0.3) is 0 Å². The number of anilines is 1. The van der Waals surface area contributed by atoms with Gasteiger partial charge in [-0.2, -0.15) is 0 Å². The first-order valence-electron chi connectivity index (χ1n) is 4.87. The van der Waals surface area contributed by atoms with E-state index in [4.69, 9.17) is 23.1 Å². The fraction of sp³-hybridized carbons (Fsp3) is 0.200. The second-order valence-electron chi connectivity index (χ2n) is 3.29. The molecule has 6 nitrogen and oxygen atoms in total. The van der Waals surface area contributed by atoms with Gasteiger partial charge in [-0.25, -0.2) is 4.79 Å². The third-order valence-corrected chi connectivity index (χ3v) is 2.26. The van der Waals surface area contributed by atoms with Crippen molar-refractivity contribution in [2.75, 3.05) is 18.8 Å². The van der Waals surface area contributed by atoms with Crippen molar-refractivity contribution >= 4 is 29.2 Å². The van der Waals surface area contributed by atoms with Crippen LogP contribution in [0, 0.1) is 0 Å². The average Bonchev–Trinajstić information content (AvgIpc) is 2.23. The number of hydrogen-bond acceptors (Lipinski definition) is 3. The Bertz CT molecular complexity index is 436. The number of nitrogen functional groups attached to an aromatic ring is 1. The van der Waals surface area contributed by atoms with Gasteiger partial charge in [0.1, 0.15) is 0 Å². The smallest absolute Gasteiger partial charge is 0.312 e. The lowest BCUT2D eigenvalue weighted by atomic mass is 10.2. The lowest BCUT2D eigenvalue weighted by Crippen LogP contribution is -2.37. The fourth-order valence-corrected chi connectivity index (χ4v) is 1.45. The summed E-state index contributed by atoms with van der Waals surface area (Å²) in [7, 11) is 0. The zero-order valence-electron chi connectivity index (χ0n) is 9.00. The van der Waals surface area contributed by atoms with E-state index in [9.17, 15) is 9.59 Å². The Balaban J connectivity index is 2.50. The van der Waals surface area contributed by atoms with Gasteiger partial charge in [-0.3, -0.25) is 4.79 Å². The number of halogens is 1. The number of carbonyl (C=O) groups is 2. The maximum absolute atomic E-state index is 11.6. The van der Waals surface area contributed by atoms with Gasteiger partial charge >= 0.3 is 6.03 Å². The molecule has 0 spiro atoms. The summed E-state index contributed by atoms with van der Waals surface area (Å²) in [6, 6.07) is 3.99. The molecule has 0 saturated heterocycles. The van der Waals surface area contributed by atoms with Gasteiger partial charge in [0.25, 0.3) is 5.91 Å². The van der Waals surface area contributed by atoms with E-state index in [1.807, 2.05) is 0 Å². The number of carbonyl (C=O) groups excluding carboxylic acids is 2. The first-order valence-corrected chi connectivity index (χ1v) is 5.25. The normalized spacial score (nSPS) is 9.71. The summed E-state index contributed by atoms with van der Waals surface area (Å²) in [5.74, 6) is -0.332. The number of hydrogen-bond donors (Lipinski definition) is 4. The molecule has 1 rings (SSSR count). The number of urea groups is 1. The molecule has 92 valence electrons. The van der Waals surface area contributed by atoms with Gasteiger partial charge in [-0.15, -0.1) is 0 Å². The molecule has 0 saturated carbocycles. The molecule has 0 heterocycles. The number of amides is 3. The summed E-state index contributed by atoms with van der Waals surface area (Å²) in [6.07, 6.45) is 0. The van der Waals surface area contributed by atoms with E-state index < -0.39 is 6.03 Å². The van der Waals surface area contributed by atoms with E-state index in [-0.39, 0.29) is 24.0 Å². The van der Waals surface area contributed by atoms with Crippen LogP contribution in [0.4, 0.5) is 10.5 Å². The monoisotopic (exact) mass is 256 g/mol. The third kappa shape index (κ3) is 4.20. The van der Waals surface area contributed by atoms with Crippen molar-refractivity contribution < 1.29 is 9.59 Å². The minimum absolute atomic E-state index is 0.258. The molecule has 0 unspecified atom stereocenters. The number of primary amides is 1. The molecule has 0 aliphatic rings. The van der Waals surface area contributed by atoms with Crippen LogP contribution in [0.5, 0.6) is 0 Å². The van der Waals surface area contributed by atoms with Gasteiger partial charge in [0.15, 0.2) is 0 Å². The molecular weight excluding hydrogens is 244 g/mol. The van der Waals surface area contributed by atoms with Crippen molar-refractivity contribution in [2.45, 2.75) is 0 Å². The van der Waals surface area contributed by atoms with Crippen molar-refractivity contribution in [1.29, 1.82) is 0 Å². The third-order valence-electron chi connectivity index (χ3n) is 1.95. The average molecular weight is 257 g/mol. The van der Waals surface area contributed by atoms with E-state index in [0.29, 0.717) is 11.3 Å². The molecule has 17 heavy (non-hydrogen) atoms. The van der Waals surface area contributed by atoms with E-state index in [1.54, 1.807) is 6.07 Å². The van der Waals surface area contributed by atoms with Crippen LogP contribution < -0.4 is 22.1 Å². The molecular formula is C10H13ClN4O2. The van der Waals surface area contributed by atoms with Crippen molar-refractivity contribution in [1.82, 2.24) is 10.6 Å². The lowest BCUT2D eigenvalue weighted by molar-refractivity contribution is 0.0954. The van der Waals surface area contributed by atoms with Gasteiger partial charge in [0.2, 0.25) is 0 Å². The Kier molecular flexibility index (Phi) is 4.59. The SMILES string of the molecule is NC(=O)NCCNC(=O)c1ccc(N)cc1Cl. The van der Waals surface area contributed by atoms with E-state index in [2.05, 4.69) is 10.6 Å². The van der Waals surface area contributed by atoms with Gasteiger partial charge in [-0.1, -0.05) is 11.6 Å². The Morgan fingerprint density at radius 2 is 1.88 bits per heavy atom. The molecule has 0 aromatic heterocycles. The first-order chi connectivity index (χ1) is 8.00. The summed E-state index contributed by atoms with van der Waals surface area (Å²) in [4.78, 5) is 22.0. The largest absolute Gasteiger partial charge is 0.399 e. The zero-order valence-corrected chi connectivity index (χ0v) is 9.75. The van der Waals surface area contributed by atoms with E-state index >= 15 is 0 Å². The molecule has 0 atom stereocenters. The number of benzene rings is 1. The summed E-state index contributed by atoms with van der Waals surface area (Å²) in [6.45, 7) is 0.524. The standard InChI is InChI=1S/C10H13ClN4O2/c11-8-5-6(12)1-2-7(8)9(16)14-3-4-15-10(13)17/h1-2,5H,3-4,12H2,(H,14,16)(H3,13,15,17). The zero-order chi connectivity index (χ0) is 12.8. The molecule has 3 amide bonds. The minimum atomic E-state index is -0.634. The number of nitrogens with one attached hydrogen (secondary N) is 2. The summed E-state index contributed by atoms with van der Waals surface area (Å²) < 4.78 is 0. The maximum Gasteiger partial charge on any atom is 0.312 e. The van der Waals surface area contributed by atoms with Crippen LogP contribution in [0.3, 0.4) is 0 Å². The predicted octanol–water partition coefficient (Wildman–Crippen LogP) is 0.320. The number of nitrogens with two attached hydrogens (primary N) is 2. The Morgan fingerprint density at radius 3 is 2.47 bits per heavy atom. The highest BCUT2D eigenvalue weighted by Crippen LogP contribution is 2.18. The molecule has 0 aliphatic carbocycles. The number of rotatable bonds is 4. The van der Waals surface area contributed by atoms with E-state index in [0.717, 1.165) is 0 Å². The highest BCUT2D eigenvalue weighted by Gasteiger charge is 2.09. The van der Waals surface area contributed by atoms with Gasteiger partial charge in [0.05, 0.1) is 10.6 Å². The van der Waals surface area contributed by atoms with Crippen LogP contribution in [-0.4, -0.2) is 25.0 Å². The fourth-order valence-electron chi connectivity index (χ4n) is 1.17. The summed E-state index contributed by atoms with van der Waals surface area (Å²) >= 11 is 5.86.